The van der Waals surface area contributed by atoms with Gasteiger partial charge in [0.2, 0.25) is 0 Å². The quantitative estimate of drug-likeness (QED) is 0.516. The van der Waals surface area contributed by atoms with Crippen LogP contribution in [0.3, 0.4) is 0 Å². The van der Waals surface area contributed by atoms with Crippen LogP contribution in [0, 0.1) is 0 Å². The van der Waals surface area contributed by atoms with E-state index in [1.807, 2.05) is 6.92 Å². The van der Waals surface area contributed by atoms with E-state index in [0.29, 0.717) is 33.0 Å². The van der Waals surface area contributed by atoms with Gasteiger partial charge in [0.25, 0.3) is 0 Å². The molecule has 0 aromatic carbocycles. The number of rotatable bonds is 13. The molecular weight excluding hydrogens is 312 g/mol. The zero-order valence-electron chi connectivity index (χ0n) is 15.7. The predicted octanol–water partition coefficient (Wildman–Crippen LogP) is 2.52. The Hall–Kier alpha value is -0.240. The number of hydrogen-bond acceptors (Lipinski definition) is 6. The van der Waals surface area contributed by atoms with Crippen molar-refractivity contribution >= 4 is 0 Å². The van der Waals surface area contributed by atoms with Crippen LogP contribution >= 0.6 is 0 Å². The van der Waals surface area contributed by atoms with Gasteiger partial charge in [0.1, 0.15) is 24.4 Å². The first-order chi connectivity index (χ1) is 11.7. The van der Waals surface area contributed by atoms with Crippen LogP contribution < -0.4 is 0 Å². The van der Waals surface area contributed by atoms with E-state index in [1.54, 1.807) is 0 Å². The van der Waals surface area contributed by atoms with Crippen LogP contribution in [0.2, 0.25) is 0 Å². The molecule has 6 nitrogen and oxygen atoms in total. The number of ether oxygens (including phenoxy) is 5. The van der Waals surface area contributed by atoms with Crippen molar-refractivity contribution in [3.8, 4) is 0 Å². The van der Waals surface area contributed by atoms with Crippen LogP contribution in [0.1, 0.15) is 53.4 Å². The summed E-state index contributed by atoms with van der Waals surface area (Å²) in [6, 6.07) is 0. The Labute approximate surface area is 146 Å². The van der Waals surface area contributed by atoms with Crippen LogP contribution in [0.5, 0.6) is 0 Å². The van der Waals surface area contributed by atoms with Gasteiger partial charge in [-0.1, -0.05) is 27.7 Å². The molecule has 1 aliphatic heterocycles. The summed E-state index contributed by atoms with van der Waals surface area (Å²) < 4.78 is 29.3. The van der Waals surface area contributed by atoms with Crippen molar-refractivity contribution < 1.29 is 28.8 Å². The highest BCUT2D eigenvalue weighted by Crippen LogP contribution is 2.28. The molecule has 5 atom stereocenters. The van der Waals surface area contributed by atoms with Crippen LogP contribution in [0.4, 0.5) is 0 Å². The third kappa shape index (κ3) is 6.94. The van der Waals surface area contributed by atoms with Gasteiger partial charge >= 0.3 is 0 Å². The van der Waals surface area contributed by atoms with Gasteiger partial charge in [-0.25, -0.2) is 0 Å². The van der Waals surface area contributed by atoms with Crippen LogP contribution in [0.25, 0.3) is 0 Å². The van der Waals surface area contributed by atoms with Gasteiger partial charge in [0, 0.05) is 26.4 Å². The lowest BCUT2D eigenvalue weighted by atomic mass is 9.98. The van der Waals surface area contributed by atoms with Crippen molar-refractivity contribution in [3.05, 3.63) is 0 Å². The predicted molar refractivity (Wildman–Crippen MR) is 92.1 cm³/mol. The average molecular weight is 348 g/mol. The van der Waals surface area contributed by atoms with Crippen LogP contribution in [-0.2, 0) is 23.7 Å². The minimum atomic E-state index is -1.03. The van der Waals surface area contributed by atoms with E-state index < -0.39 is 12.4 Å². The topological polar surface area (TPSA) is 66.4 Å². The fourth-order valence-corrected chi connectivity index (χ4v) is 2.70. The summed E-state index contributed by atoms with van der Waals surface area (Å²) >= 11 is 0. The Morgan fingerprint density at radius 3 is 1.75 bits per heavy atom. The van der Waals surface area contributed by atoms with Gasteiger partial charge < -0.3 is 28.8 Å². The maximum Gasteiger partial charge on any atom is 0.184 e. The first-order valence-corrected chi connectivity index (χ1v) is 9.45. The molecule has 0 aromatic rings. The van der Waals surface area contributed by atoms with Gasteiger partial charge in [-0.05, 0) is 25.7 Å². The van der Waals surface area contributed by atoms with E-state index in [-0.39, 0.29) is 18.3 Å². The largest absolute Gasteiger partial charge is 0.379 e. The van der Waals surface area contributed by atoms with Crippen molar-refractivity contribution in [2.75, 3.05) is 33.0 Å². The maximum absolute atomic E-state index is 10.4. The average Bonchev–Trinajstić information content (AvgIpc) is 2.58. The van der Waals surface area contributed by atoms with E-state index in [4.69, 9.17) is 23.7 Å². The molecule has 1 heterocycles. The summed E-state index contributed by atoms with van der Waals surface area (Å²) in [5.74, 6) is 0. The van der Waals surface area contributed by atoms with Crippen LogP contribution in [0.15, 0.2) is 0 Å². The molecule has 0 saturated carbocycles. The van der Waals surface area contributed by atoms with Gasteiger partial charge in [-0.15, -0.1) is 0 Å². The Kier molecular flexibility index (Phi) is 11.8. The summed E-state index contributed by atoms with van der Waals surface area (Å²) in [6.45, 7) is 11.0. The lowest BCUT2D eigenvalue weighted by molar-refractivity contribution is -0.312. The molecule has 0 aromatic heterocycles. The molecule has 1 aliphatic rings. The Morgan fingerprint density at radius 1 is 0.708 bits per heavy atom. The molecule has 1 rings (SSSR count). The second-order valence-electron chi connectivity index (χ2n) is 6.15. The SMILES string of the molecule is CCCOC[C@H]1O[C@@H](O)[C@@H](OCCC)[C@@H](OCCC)[C@@H]1OCCC. The van der Waals surface area contributed by atoms with Crippen molar-refractivity contribution in [1.29, 1.82) is 0 Å². The molecule has 0 bridgehead atoms. The zero-order chi connectivity index (χ0) is 17.8. The Balaban J connectivity index is 2.84. The molecule has 144 valence electrons. The molecule has 0 amide bonds. The minimum absolute atomic E-state index is 0.307. The van der Waals surface area contributed by atoms with Crippen molar-refractivity contribution in [2.45, 2.75) is 84.1 Å². The molecule has 0 radical (unpaired) electrons. The molecule has 1 saturated heterocycles. The van der Waals surface area contributed by atoms with E-state index in [9.17, 15) is 5.11 Å². The first-order valence-electron chi connectivity index (χ1n) is 9.45. The molecule has 24 heavy (non-hydrogen) atoms. The number of aliphatic hydroxyl groups excluding tert-OH is 1. The van der Waals surface area contributed by atoms with E-state index in [0.717, 1.165) is 25.7 Å². The highest BCUT2D eigenvalue weighted by atomic mass is 16.7. The second kappa shape index (κ2) is 13.0. The Morgan fingerprint density at radius 2 is 1.21 bits per heavy atom. The highest BCUT2D eigenvalue weighted by Gasteiger charge is 2.47. The molecule has 0 aliphatic carbocycles. The lowest BCUT2D eigenvalue weighted by Gasteiger charge is -2.44. The monoisotopic (exact) mass is 348 g/mol. The second-order valence-corrected chi connectivity index (χ2v) is 6.15. The van der Waals surface area contributed by atoms with E-state index in [1.165, 1.54) is 0 Å². The minimum Gasteiger partial charge on any atom is -0.379 e. The number of hydrogen-bond donors (Lipinski definition) is 1. The smallest absolute Gasteiger partial charge is 0.184 e. The highest BCUT2D eigenvalue weighted by molar-refractivity contribution is 4.92. The summed E-state index contributed by atoms with van der Waals surface area (Å²) in [4.78, 5) is 0. The van der Waals surface area contributed by atoms with Gasteiger partial charge in [0.05, 0.1) is 6.61 Å². The third-order valence-electron chi connectivity index (χ3n) is 3.78. The summed E-state index contributed by atoms with van der Waals surface area (Å²) in [6.07, 6.45) is 1.01. The molecule has 0 spiro atoms. The Bertz CT molecular complexity index is 301. The van der Waals surface area contributed by atoms with Crippen molar-refractivity contribution in [3.63, 3.8) is 0 Å². The summed E-state index contributed by atoms with van der Waals surface area (Å²) in [5, 5.41) is 10.4. The fraction of sp³-hybridized carbons (Fsp3) is 1.00. The maximum atomic E-state index is 10.4. The van der Waals surface area contributed by atoms with Crippen molar-refractivity contribution in [2.24, 2.45) is 0 Å². The summed E-state index contributed by atoms with van der Waals surface area (Å²) in [5.41, 5.74) is 0. The number of aliphatic hydroxyl groups is 1. The lowest BCUT2D eigenvalue weighted by Crippen LogP contribution is -2.61. The van der Waals surface area contributed by atoms with Crippen molar-refractivity contribution in [1.82, 2.24) is 0 Å². The van der Waals surface area contributed by atoms with Gasteiger partial charge in [-0.2, -0.15) is 0 Å². The molecule has 1 N–H and O–H groups in total. The summed E-state index contributed by atoms with van der Waals surface area (Å²) in [7, 11) is 0. The standard InChI is InChI=1S/C18H36O6/c1-5-9-20-13-14-15(21-10-6-2)16(22-11-7-3)17(18(19)24-14)23-12-8-4/h14-19H,5-13H2,1-4H3/t14-,15-,16+,17+,18-/m1/s1. The van der Waals surface area contributed by atoms with Crippen LogP contribution in [-0.4, -0.2) is 68.8 Å². The normalized spacial score (nSPS) is 30.6. The van der Waals surface area contributed by atoms with E-state index >= 15 is 0 Å². The zero-order valence-corrected chi connectivity index (χ0v) is 15.7. The fourth-order valence-electron chi connectivity index (χ4n) is 2.70. The molecule has 0 unspecified atom stereocenters. The van der Waals surface area contributed by atoms with E-state index in [2.05, 4.69) is 20.8 Å². The molecular formula is C18H36O6. The first kappa shape index (κ1) is 21.8. The molecule has 6 heteroatoms. The van der Waals surface area contributed by atoms with Gasteiger partial charge in [-0.3, -0.25) is 0 Å². The van der Waals surface area contributed by atoms with Gasteiger partial charge in [0.15, 0.2) is 6.29 Å². The third-order valence-corrected chi connectivity index (χ3v) is 3.78. The molecule has 1 fully saturated rings.